The maximum absolute atomic E-state index is 2.77. The molecule has 0 saturated carbocycles. The Morgan fingerprint density at radius 2 is 1.71 bits per heavy atom. The van der Waals surface area contributed by atoms with Crippen LogP contribution in [-0.2, 0) is 6.54 Å². The highest BCUT2D eigenvalue weighted by atomic mass is 15.2. The van der Waals surface area contributed by atoms with Crippen LogP contribution in [0.3, 0.4) is 0 Å². The minimum Gasteiger partial charge on any atom is -0.300 e. The molecule has 0 amide bonds. The van der Waals surface area contributed by atoms with Crippen molar-refractivity contribution in [2.75, 3.05) is 19.6 Å². The highest BCUT2D eigenvalue weighted by Gasteiger charge is 2.37. The van der Waals surface area contributed by atoms with Gasteiger partial charge in [0.15, 0.2) is 0 Å². The Morgan fingerprint density at radius 1 is 1.00 bits per heavy atom. The van der Waals surface area contributed by atoms with Crippen molar-refractivity contribution >= 4 is 0 Å². The summed E-state index contributed by atoms with van der Waals surface area (Å²) in [7, 11) is 0. The third-order valence-corrected chi connectivity index (χ3v) is 5.45. The summed E-state index contributed by atoms with van der Waals surface area (Å²) in [5.74, 6) is 0. The summed E-state index contributed by atoms with van der Waals surface area (Å²) >= 11 is 0. The molecule has 0 radical (unpaired) electrons. The van der Waals surface area contributed by atoms with Crippen molar-refractivity contribution in [3.8, 4) is 0 Å². The largest absolute Gasteiger partial charge is 0.300 e. The molecule has 2 aliphatic heterocycles. The second-order valence-corrected chi connectivity index (χ2v) is 7.46. The highest BCUT2D eigenvalue weighted by molar-refractivity contribution is 5.15. The van der Waals surface area contributed by atoms with Crippen molar-refractivity contribution in [2.24, 2.45) is 0 Å². The van der Waals surface area contributed by atoms with Gasteiger partial charge in [0.1, 0.15) is 0 Å². The lowest BCUT2D eigenvalue weighted by Gasteiger charge is -2.49. The molecule has 1 aromatic rings. The molecule has 0 aromatic heterocycles. The normalized spacial score (nSPS) is 27.6. The van der Waals surface area contributed by atoms with Crippen molar-refractivity contribution < 1.29 is 0 Å². The Bertz CT molecular complexity index is 434. The van der Waals surface area contributed by atoms with E-state index in [4.69, 9.17) is 0 Å². The van der Waals surface area contributed by atoms with Gasteiger partial charge in [-0.15, -0.1) is 0 Å². The number of piperidine rings is 2. The number of benzene rings is 1. The standard InChI is InChI=1S/C19H30N2/c1-19(2)15-18(20-12-7-4-8-13-20)11-14-21(19)16-17-9-5-3-6-10-17/h3,5-6,9-10,18H,4,7-8,11-16H2,1-2H3. The molecule has 0 N–H and O–H groups in total. The van der Waals surface area contributed by atoms with Gasteiger partial charge in [-0.05, 0) is 58.2 Å². The van der Waals surface area contributed by atoms with Gasteiger partial charge in [0.05, 0.1) is 0 Å². The Labute approximate surface area is 130 Å². The third kappa shape index (κ3) is 3.67. The second kappa shape index (κ2) is 6.50. The van der Waals surface area contributed by atoms with Crippen molar-refractivity contribution in [2.45, 2.75) is 64.1 Å². The van der Waals surface area contributed by atoms with Gasteiger partial charge in [0, 0.05) is 24.7 Å². The molecular weight excluding hydrogens is 256 g/mol. The molecule has 2 heterocycles. The minimum absolute atomic E-state index is 0.316. The van der Waals surface area contributed by atoms with Gasteiger partial charge in [-0.3, -0.25) is 4.90 Å². The van der Waals surface area contributed by atoms with Crippen molar-refractivity contribution in [1.29, 1.82) is 0 Å². The van der Waals surface area contributed by atoms with Crippen LogP contribution < -0.4 is 0 Å². The SMILES string of the molecule is CC1(C)CC(N2CCCCC2)CCN1Cc1ccccc1. The summed E-state index contributed by atoms with van der Waals surface area (Å²) in [6.45, 7) is 9.88. The van der Waals surface area contributed by atoms with Gasteiger partial charge < -0.3 is 4.90 Å². The maximum Gasteiger partial charge on any atom is 0.0239 e. The van der Waals surface area contributed by atoms with E-state index in [1.54, 1.807) is 0 Å². The predicted molar refractivity (Wildman–Crippen MR) is 89.4 cm³/mol. The molecule has 21 heavy (non-hydrogen) atoms. The number of likely N-dealkylation sites (tertiary alicyclic amines) is 2. The van der Waals surface area contributed by atoms with Crippen molar-refractivity contribution in [3.05, 3.63) is 35.9 Å². The lowest BCUT2D eigenvalue weighted by atomic mass is 9.85. The lowest BCUT2D eigenvalue weighted by Crippen LogP contribution is -2.55. The number of hydrogen-bond acceptors (Lipinski definition) is 2. The van der Waals surface area contributed by atoms with E-state index in [1.165, 1.54) is 57.3 Å². The zero-order valence-electron chi connectivity index (χ0n) is 13.7. The molecule has 116 valence electrons. The van der Waals surface area contributed by atoms with Gasteiger partial charge in [-0.1, -0.05) is 36.8 Å². The summed E-state index contributed by atoms with van der Waals surface area (Å²) in [6, 6.07) is 11.7. The Balaban J connectivity index is 1.61. The van der Waals surface area contributed by atoms with Gasteiger partial charge in [-0.25, -0.2) is 0 Å². The van der Waals surface area contributed by atoms with Crippen molar-refractivity contribution in [1.82, 2.24) is 9.80 Å². The molecule has 0 spiro atoms. The van der Waals surface area contributed by atoms with Crippen LogP contribution in [0.1, 0.15) is 51.5 Å². The Kier molecular flexibility index (Phi) is 4.66. The molecule has 2 heteroatoms. The van der Waals surface area contributed by atoms with Crippen LogP contribution in [0.25, 0.3) is 0 Å². The zero-order valence-corrected chi connectivity index (χ0v) is 13.7. The molecule has 2 nitrogen and oxygen atoms in total. The second-order valence-electron chi connectivity index (χ2n) is 7.46. The first-order chi connectivity index (χ1) is 10.1. The average Bonchev–Trinajstić information content (AvgIpc) is 2.51. The fourth-order valence-electron chi connectivity index (χ4n) is 4.11. The highest BCUT2D eigenvalue weighted by Crippen LogP contribution is 2.32. The fraction of sp³-hybridized carbons (Fsp3) is 0.684. The predicted octanol–water partition coefficient (Wildman–Crippen LogP) is 3.92. The summed E-state index contributed by atoms with van der Waals surface area (Å²) in [5.41, 5.74) is 1.76. The van der Waals surface area contributed by atoms with E-state index in [9.17, 15) is 0 Å². The van der Waals surface area contributed by atoms with Crippen LogP contribution in [0.4, 0.5) is 0 Å². The smallest absolute Gasteiger partial charge is 0.0239 e. The van der Waals surface area contributed by atoms with E-state index in [0.717, 1.165) is 12.6 Å². The summed E-state index contributed by atoms with van der Waals surface area (Å²) in [6.07, 6.45) is 6.91. The van der Waals surface area contributed by atoms with E-state index in [2.05, 4.69) is 54.0 Å². The first-order valence-corrected chi connectivity index (χ1v) is 8.68. The van der Waals surface area contributed by atoms with Crippen LogP contribution in [0, 0.1) is 0 Å². The topological polar surface area (TPSA) is 6.48 Å². The summed E-state index contributed by atoms with van der Waals surface area (Å²) in [4.78, 5) is 5.45. The van der Waals surface area contributed by atoms with E-state index in [1.807, 2.05) is 0 Å². The molecule has 2 fully saturated rings. The molecule has 3 rings (SSSR count). The average molecular weight is 286 g/mol. The van der Waals surface area contributed by atoms with Crippen LogP contribution in [-0.4, -0.2) is 41.0 Å². The van der Waals surface area contributed by atoms with Gasteiger partial charge in [0.2, 0.25) is 0 Å². The van der Waals surface area contributed by atoms with E-state index < -0.39 is 0 Å². The summed E-state index contributed by atoms with van der Waals surface area (Å²) in [5, 5.41) is 0. The number of rotatable bonds is 3. The first-order valence-electron chi connectivity index (χ1n) is 8.68. The zero-order chi connectivity index (χ0) is 14.7. The van der Waals surface area contributed by atoms with Crippen LogP contribution in [0.2, 0.25) is 0 Å². The van der Waals surface area contributed by atoms with E-state index in [0.29, 0.717) is 5.54 Å². The summed E-state index contributed by atoms with van der Waals surface area (Å²) < 4.78 is 0. The maximum atomic E-state index is 2.77. The number of nitrogens with zero attached hydrogens (tertiary/aromatic N) is 2. The molecule has 2 aliphatic rings. The lowest BCUT2D eigenvalue weighted by molar-refractivity contribution is 0.00657. The van der Waals surface area contributed by atoms with Crippen LogP contribution >= 0.6 is 0 Å². The Hall–Kier alpha value is -0.860. The molecule has 2 saturated heterocycles. The van der Waals surface area contributed by atoms with Gasteiger partial charge >= 0.3 is 0 Å². The fourth-order valence-corrected chi connectivity index (χ4v) is 4.11. The Morgan fingerprint density at radius 3 is 2.38 bits per heavy atom. The molecular formula is C19H30N2. The first kappa shape index (κ1) is 15.1. The molecule has 1 aromatic carbocycles. The van der Waals surface area contributed by atoms with Crippen LogP contribution in [0.15, 0.2) is 30.3 Å². The molecule has 0 bridgehead atoms. The van der Waals surface area contributed by atoms with E-state index in [-0.39, 0.29) is 0 Å². The van der Waals surface area contributed by atoms with Gasteiger partial charge in [0.25, 0.3) is 0 Å². The minimum atomic E-state index is 0.316. The van der Waals surface area contributed by atoms with Crippen molar-refractivity contribution in [3.63, 3.8) is 0 Å². The monoisotopic (exact) mass is 286 g/mol. The molecule has 1 atom stereocenters. The molecule has 0 aliphatic carbocycles. The quantitative estimate of drug-likeness (QED) is 0.831. The van der Waals surface area contributed by atoms with Gasteiger partial charge in [-0.2, -0.15) is 0 Å². The number of hydrogen-bond donors (Lipinski definition) is 0. The molecule has 1 unspecified atom stereocenters. The van der Waals surface area contributed by atoms with Crippen LogP contribution in [0.5, 0.6) is 0 Å². The third-order valence-electron chi connectivity index (χ3n) is 5.45. The van der Waals surface area contributed by atoms with E-state index >= 15 is 0 Å².